The minimum atomic E-state index is 0.339. The van der Waals surface area contributed by atoms with Crippen LogP contribution in [0.5, 0.6) is 0 Å². The smallest absolute Gasteiger partial charge is 0.137 e. The molecule has 1 heterocycles. The lowest BCUT2D eigenvalue weighted by Gasteiger charge is -2.35. The molecule has 0 aromatic heterocycles. The monoisotopic (exact) mass is 238 g/mol. The number of piperazine rings is 1. The van der Waals surface area contributed by atoms with Crippen LogP contribution in [-0.2, 0) is 4.79 Å². The summed E-state index contributed by atoms with van der Waals surface area (Å²) in [7, 11) is 0. The molecular weight excluding hydrogens is 212 g/mol. The van der Waals surface area contributed by atoms with E-state index >= 15 is 0 Å². The summed E-state index contributed by atoms with van der Waals surface area (Å²) >= 11 is 0. The van der Waals surface area contributed by atoms with Gasteiger partial charge in [0.1, 0.15) is 5.78 Å². The average molecular weight is 238 g/mol. The van der Waals surface area contributed by atoms with Crippen LogP contribution >= 0.6 is 0 Å². The molecule has 98 valence electrons. The van der Waals surface area contributed by atoms with Crippen molar-refractivity contribution in [2.24, 2.45) is 5.92 Å². The molecule has 2 rings (SSSR count). The van der Waals surface area contributed by atoms with Crippen molar-refractivity contribution in [1.29, 1.82) is 0 Å². The second-order valence-corrected chi connectivity index (χ2v) is 5.50. The van der Waals surface area contributed by atoms with Crippen LogP contribution in [0.4, 0.5) is 0 Å². The van der Waals surface area contributed by atoms with Crippen LogP contribution in [-0.4, -0.2) is 54.9 Å². The van der Waals surface area contributed by atoms with E-state index in [1.54, 1.807) is 0 Å². The van der Waals surface area contributed by atoms with Gasteiger partial charge in [0.25, 0.3) is 0 Å². The first-order chi connectivity index (χ1) is 8.29. The Bertz CT molecular complexity index is 247. The van der Waals surface area contributed by atoms with Gasteiger partial charge in [-0.25, -0.2) is 0 Å². The third kappa shape index (κ3) is 3.78. The van der Waals surface area contributed by atoms with E-state index in [1.807, 2.05) is 0 Å². The summed E-state index contributed by atoms with van der Waals surface area (Å²) in [5, 5.41) is 0. The maximum atomic E-state index is 12.0. The summed E-state index contributed by atoms with van der Waals surface area (Å²) in [5.74, 6) is 0.867. The Morgan fingerprint density at radius 2 is 1.76 bits per heavy atom. The van der Waals surface area contributed by atoms with Gasteiger partial charge in [-0.3, -0.25) is 4.79 Å². The van der Waals surface area contributed by atoms with Crippen molar-refractivity contribution in [2.45, 2.75) is 39.0 Å². The second-order valence-electron chi connectivity index (χ2n) is 5.50. The van der Waals surface area contributed by atoms with Gasteiger partial charge >= 0.3 is 0 Å². The lowest BCUT2D eigenvalue weighted by atomic mass is 9.98. The summed E-state index contributed by atoms with van der Waals surface area (Å²) in [5.41, 5.74) is 0. The van der Waals surface area contributed by atoms with E-state index in [1.165, 1.54) is 25.9 Å². The first-order valence-electron chi connectivity index (χ1n) is 7.27. The number of ketones is 1. The molecule has 2 aliphatic rings. The van der Waals surface area contributed by atoms with E-state index in [4.69, 9.17) is 0 Å². The highest BCUT2D eigenvalue weighted by atomic mass is 16.1. The van der Waals surface area contributed by atoms with Gasteiger partial charge in [0, 0.05) is 45.1 Å². The number of nitrogens with zero attached hydrogens (tertiary/aromatic N) is 2. The normalized spacial score (nSPS) is 29.2. The SMILES string of the molecule is CCN1CCN(CC2CCCCCC2=O)CC1. The number of Topliss-reactive ketones (excluding diaryl/α,β-unsaturated/α-hetero) is 1. The van der Waals surface area contributed by atoms with Gasteiger partial charge in [-0.1, -0.05) is 19.8 Å². The zero-order chi connectivity index (χ0) is 12.1. The maximum absolute atomic E-state index is 12.0. The minimum absolute atomic E-state index is 0.339. The van der Waals surface area contributed by atoms with Crippen LogP contribution in [0, 0.1) is 5.92 Å². The van der Waals surface area contributed by atoms with Crippen molar-refractivity contribution in [3.63, 3.8) is 0 Å². The van der Waals surface area contributed by atoms with Gasteiger partial charge in [-0.15, -0.1) is 0 Å². The van der Waals surface area contributed by atoms with E-state index in [2.05, 4.69) is 16.7 Å². The second kappa shape index (κ2) is 6.50. The van der Waals surface area contributed by atoms with Crippen LogP contribution in [0.15, 0.2) is 0 Å². The largest absolute Gasteiger partial charge is 0.301 e. The summed E-state index contributed by atoms with van der Waals surface area (Å²) in [4.78, 5) is 17.0. The minimum Gasteiger partial charge on any atom is -0.301 e. The van der Waals surface area contributed by atoms with Crippen molar-refractivity contribution in [3.8, 4) is 0 Å². The van der Waals surface area contributed by atoms with Gasteiger partial charge in [-0.05, 0) is 19.4 Å². The Kier molecular flexibility index (Phi) is 4.99. The van der Waals surface area contributed by atoms with Crippen LogP contribution in [0.1, 0.15) is 39.0 Å². The molecule has 2 fully saturated rings. The van der Waals surface area contributed by atoms with Crippen molar-refractivity contribution < 1.29 is 4.79 Å². The third-order valence-corrected chi connectivity index (χ3v) is 4.32. The number of carbonyl (C=O) groups is 1. The number of likely N-dealkylation sites (N-methyl/N-ethyl adjacent to an activating group) is 1. The fraction of sp³-hybridized carbons (Fsp3) is 0.929. The quantitative estimate of drug-likeness (QED) is 0.700. The maximum Gasteiger partial charge on any atom is 0.137 e. The molecule has 0 N–H and O–H groups in total. The lowest BCUT2D eigenvalue weighted by Crippen LogP contribution is -2.48. The van der Waals surface area contributed by atoms with Crippen LogP contribution in [0.3, 0.4) is 0 Å². The molecule has 0 bridgehead atoms. The number of hydrogen-bond acceptors (Lipinski definition) is 3. The van der Waals surface area contributed by atoms with E-state index < -0.39 is 0 Å². The molecule has 0 aromatic carbocycles. The molecule has 0 amide bonds. The molecule has 1 saturated heterocycles. The van der Waals surface area contributed by atoms with Crippen molar-refractivity contribution in [2.75, 3.05) is 39.3 Å². The predicted molar refractivity (Wildman–Crippen MR) is 70.1 cm³/mol. The molecule has 0 aromatic rings. The van der Waals surface area contributed by atoms with Crippen LogP contribution in [0.25, 0.3) is 0 Å². The Morgan fingerprint density at radius 1 is 1.06 bits per heavy atom. The highest BCUT2D eigenvalue weighted by Crippen LogP contribution is 2.21. The Balaban J connectivity index is 1.78. The van der Waals surface area contributed by atoms with Crippen LogP contribution in [0.2, 0.25) is 0 Å². The molecule has 1 atom stereocenters. The summed E-state index contributed by atoms with van der Waals surface area (Å²) in [6.07, 6.45) is 5.60. The van der Waals surface area contributed by atoms with Crippen molar-refractivity contribution in [1.82, 2.24) is 9.80 Å². The Morgan fingerprint density at radius 3 is 2.47 bits per heavy atom. The van der Waals surface area contributed by atoms with Gasteiger partial charge in [0.2, 0.25) is 0 Å². The zero-order valence-electron chi connectivity index (χ0n) is 11.2. The number of hydrogen-bond donors (Lipinski definition) is 0. The van der Waals surface area contributed by atoms with E-state index in [-0.39, 0.29) is 0 Å². The summed E-state index contributed by atoms with van der Waals surface area (Å²) in [6, 6.07) is 0. The standard InChI is InChI=1S/C14H26N2O/c1-2-15-8-10-16(11-9-15)12-13-6-4-3-5-7-14(13)17/h13H,2-12H2,1H3. The van der Waals surface area contributed by atoms with E-state index in [0.717, 1.165) is 45.4 Å². The third-order valence-electron chi connectivity index (χ3n) is 4.32. The van der Waals surface area contributed by atoms with Crippen molar-refractivity contribution in [3.05, 3.63) is 0 Å². The molecule has 3 nitrogen and oxygen atoms in total. The van der Waals surface area contributed by atoms with E-state index in [0.29, 0.717) is 11.7 Å². The van der Waals surface area contributed by atoms with Crippen molar-refractivity contribution >= 4 is 5.78 Å². The lowest BCUT2D eigenvalue weighted by molar-refractivity contribution is -0.123. The van der Waals surface area contributed by atoms with E-state index in [9.17, 15) is 4.79 Å². The molecule has 1 aliphatic heterocycles. The molecule has 0 radical (unpaired) electrons. The average Bonchev–Trinajstić information content (AvgIpc) is 2.56. The summed E-state index contributed by atoms with van der Waals surface area (Å²) in [6.45, 7) is 9.07. The molecule has 3 heteroatoms. The molecule has 1 unspecified atom stereocenters. The Hall–Kier alpha value is -0.410. The topological polar surface area (TPSA) is 23.6 Å². The molecule has 1 aliphatic carbocycles. The van der Waals surface area contributed by atoms with Gasteiger partial charge in [0.15, 0.2) is 0 Å². The van der Waals surface area contributed by atoms with Gasteiger partial charge in [0.05, 0.1) is 0 Å². The van der Waals surface area contributed by atoms with Crippen LogP contribution < -0.4 is 0 Å². The first kappa shape index (κ1) is 13.0. The Labute approximate surface area is 105 Å². The fourth-order valence-corrected chi connectivity index (χ4v) is 3.02. The highest BCUT2D eigenvalue weighted by Gasteiger charge is 2.24. The van der Waals surface area contributed by atoms with Gasteiger partial charge in [-0.2, -0.15) is 0 Å². The molecule has 17 heavy (non-hydrogen) atoms. The van der Waals surface area contributed by atoms with Gasteiger partial charge < -0.3 is 9.80 Å². The zero-order valence-corrected chi connectivity index (χ0v) is 11.2. The first-order valence-corrected chi connectivity index (χ1v) is 7.27. The molecule has 0 spiro atoms. The highest BCUT2D eigenvalue weighted by molar-refractivity contribution is 5.81. The molecule has 1 saturated carbocycles. The predicted octanol–water partition coefficient (Wildman–Crippen LogP) is 1.77. The number of carbonyl (C=O) groups excluding carboxylic acids is 1. The summed E-state index contributed by atoms with van der Waals surface area (Å²) < 4.78 is 0. The number of rotatable bonds is 3. The molecular formula is C14H26N2O. The fourth-order valence-electron chi connectivity index (χ4n) is 3.02.